The Morgan fingerprint density at radius 3 is 2.52 bits per heavy atom. The summed E-state index contributed by atoms with van der Waals surface area (Å²) < 4.78 is 18.1. The van der Waals surface area contributed by atoms with Gasteiger partial charge in [-0.3, -0.25) is 9.78 Å². The summed E-state index contributed by atoms with van der Waals surface area (Å²) in [5, 5.41) is 0.560. The van der Waals surface area contributed by atoms with Gasteiger partial charge in [-0.1, -0.05) is 28.1 Å². The van der Waals surface area contributed by atoms with Gasteiger partial charge < -0.3 is 4.74 Å². The van der Waals surface area contributed by atoms with Gasteiger partial charge in [-0.15, -0.1) is 0 Å². The predicted octanol–water partition coefficient (Wildman–Crippen LogP) is 4.17. The molecule has 0 fully saturated rings. The minimum absolute atomic E-state index is 0.360. The van der Waals surface area contributed by atoms with Gasteiger partial charge in [0.05, 0.1) is 6.20 Å². The van der Waals surface area contributed by atoms with Crippen LogP contribution < -0.4 is 0 Å². The Labute approximate surface area is 132 Å². The van der Waals surface area contributed by atoms with Crippen molar-refractivity contribution < 1.29 is 13.9 Å². The number of carbonyl (C=O) groups is 1. The van der Waals surface area contributed by atoms with Crippen LogP contribution >= 0.6 is 15.9 Å². The Morgan fingerprint density at radius 2 is 1.95 bits per heavy atom. The van der Waals surface area contributed by atoms with Gasteiger partial charge in [-0.05, 0) is 30.2 Å². The van der Waals surface area contributed by atoms with Crippen molar-refractivity contribution in [2.45, 2.75) is 12.3 Å². The predicted molar refractivity (Wildman–Crippen MR) is 85.3 cm³/mol. The molecule has 1 heterocycles. The highest BCUT2D eigenvalue weighted by Crippen LogP contribution is 2.28. The lowest BCUT2D eigenvalue weighted by molar-refractivity contribution is 0.112. The average Bonchev–Trinajstić information content (AvgIpc) is 2.50. The molecule has 2 rings (SSSR count). The highest BCUT2D eigenvalue weighted by Gasteiger charge is 2.10. The number of hydrogen-bond acceptors (Lipinski definition) is 3. The molecule has 0 N–H and O–H groups in total. The minimum atomic E-state index is -0.360. The van der Waals surface area contributed by atoms with E-state index < -0.39 is 0 Å². The van der Waals surface area contributed by atoms with Gasteiger partial charge in [-0.25, -0.2) is 4.39 Å². The molecule has 3 nitrogen and oxygen atoms in total. The average molecular weight is 354 g/mol. The quantitative estimate of drug-likeness (QED) is 0.614. The summed E-state index contributed by atoms with van der Waals surface area (Å²) in [5.41, 5.74) is 3.50. The Kier molecular flexibility index (Phi) is 7.19. The number of hydrogen-bond donors (Lipinski definition) is 0. The van der Waals surface area contributed by atoms with Crippen molar-refractivity contribution in [1.82, 2.24) is 4.98 Å². The van der Waals surface area contributed by atoms with Crippen molar-refractivity contribution in [3.05, 3.63) is 53.1 Å². The van der Waals surface area contributed by atoms with E-state index in [4.69, 9.17) is 0 Å². The largest absolute Gasteiger partial charge is 0.388 e. The van der Waals surface area contributed by atoms with E-state index in [1.165, 1.54) is 6.20 Å². The van der Waals surface area contributed by atoms with Crippen LogP contribution in [0.4, 0.5) is 4.39 Å². The van der Waals surface area contributed by atoms with Gasteiger partial charge in [0.1, 0.15) is 12.1 Å². The summed E-state index contributed by atoms with van der Waals surface area (Å²) in [6.45, 7) is 1.82. The van der Waals surface area contributed by atoms with E-state index in [1.807, 2.05) is 6.92 Å². The molecule has 0 aliphatic heterocycles. The van der Waals surface area contributed by atoms with Crippen LogP contribution in [-0.2, 0) is 10.1 Å². The van der Waals surface area contributed by atoms with E-state index in [0.717, 1.165) is 23.1 Å². The number of methoxy groups -OCH3 is 1. The number of halogens is 2. The van der Waals surface area contributed by atoms with Gasteiger partial charge in [0.2, 0.25) is 0 Å². The summed E-state index contributed by atoms with van der Waals surface area (Å²) in [5.74, 6) is -0.360. The number of rotatable bonds is 3. The molecule has 0 aliphatic carbocycles. The zero-order chi connectivity index (χ0) is 15.8. The second kappa shape index (κ2) is 8.64. The second-order valence-corrected chi connectivity index (χ2v) is 4.94. The smallest absolute Gasteiger partial charge is 0.150 e. The van der Waals surface area contributed by atoms with Crippen LogP contribution in [0.5, 0.6) is 0 Å². The third-order valence-corrected chi connectivity index (χ3v) is 3.30. The molecule has 0 saturated carbocycles. The van der Waals surface area contributed by atoms with E-state index >= 15 is 0 Å². The van der Waals surface area contributed by atoms with Crippen molar-refractivity contribution in [3.8, 4) is 11.1 Å². The molecule has 0 aliphatic rings. The van der Waals surface area contributed by atoms with Gasteiger partial charge in [0, 0.05) is 36.4 Å². The fraction of sp³-hybridized carbons (Fsp3) is 0.250. The Balaban J connectivity index is 0.000000677. The molecule has 1 aromatic carbocycles. The van der Waals surface area contributed by atoms with Gasteiger partial charge in [-0.2, -0.15) is 0 Å². The molecule has 0 radical (unpaired) electrons. The number of pyridine rings is 1. The van der Waals surface area contributed by atoms with Gasteiger partial charge >= 0.3 is 0 Å². The molecule has 0 unspecified atom stereocenters. The van der Waals surface area contributed by atoms with Crippen LogP contribution in [0.3, 0.4) is 0 Å². The number of alkyl halides is 1. The SMILES string of the molecule is COC.Cc1cc(-c2ccc(C=O)cc2CBr)c(F)cn1. The van der Waals surface area contributed by atoms with Gasteiger partial charge in [0.15, 0.2) is 0 Å². The second-order valence-electron chi connectivity index (χ2n) is 4.38. The summed E-state index contributed by atoms with van der Waals surface area (Å²) in [6.07, 6.45) is 2.00. The normalized spacial score (nSPS) is 9.76. The van der Waals surface area contributed by atoms with Crippen molar-refractivity contribution in [1.29, 1.82) is 0 Å². The molecule has 0 atom stereocenters. The molecule has 0 bridgehead atoms. The molecule has 112 valence electrons. The lowest BCUT2D eigenvalue weighted by Gasteiger charge is -2.09. The summed E-state index contributed by atoms with van der Waals surface area (Å²) in [6, 6.07) is 6.91. The topological polar surface area (TPSA) is 39.2 Å². The molecule has 5 heteroatoms. The number of aldehydes is 1. The molecule has 2 aromatic rings. The molecule has 0 spiro atoms. The summed E-state index contributed by atoms with van der Waals surface area (Å²) in [7, 11) is 3.25. The molecule has 0 saturated heterocycles. The number of aromatic nitrogens is 1. The zero-order valence-electron chi connectivity index (χ0n) is 12.2. The Morgan fingerprint density at radius 1 is 1.29 bits per heavy atom. The van der Waals surface area contributed by atoms with Crippen LogP contribution in [0.15, 0.2) is 30.5 Å². The maximum atomic E-state index is 13.8. The van der Waals surface area contributed by atoms with E-state index in [9.17, 15) is 9.18 Å². The third kappa shape index (κ3) is 4.72. The third-order valence-electron chi connectivity index (χ3n) is 2.69. The van der Waals surface area contributed by atoms with E-state index in [2.05, 4.69) is 25.7 Å². The molecule has 21 heavy (non-hydrogen) atoms. The van der Waals surface area contributed by atoms with E-state index in [-0.39, 0.29) is 5.82 Å². The Bertz CT molecular complexity index is 617. The van der Waals surface area contributed by atoms with Crippen molar-refractivity contribution >= 4 is 22.2 Å². The number of benzene rings is 1. The van der Waals surface area contributed by atoms with Crippen LogP contribution in [0.2, 0.25) is 0 Å². The highest BCUT2D eigenvalue weighted by molar-refractivity contribution is 9.08. The fourth-order valence-electron chi connectivity index (χ4n) is 1.81. The van der Waals surface area contributed by atoms with Crippen LogP contribution in [0.25, 0.3) is 11.1 Å². The monoisotopic (exact) mass is 353 g/mol. The maximum absolute atomic E-state index is 13.8. The van der Waals surface area contributed by atoms with Crippen LogP contribution in [0.1, 0.15) is 21.6 Å². The van der Waals surface area contributed by atoms with E-state index in [0.29, 0.717) is 16.5 Å². The van der Waals surface area contributed by atoms with Crippen LogP contribution in [0, 0.1) is 12.7 Å². The summed E-state index contributed by atoms with van der Waals surface area (Å²) >= 11 is 3.36. The lowest BCUT2D eigenvalue weighted by atomic mass is 9.98. The first kappa shape index (κ1) is 17.5. The minimum Gasteiger partial charge on any atom is -0.388 e. The first-order chi connectivity index (χ1) is 10.1. The highest BCUT2D eigenvalue weighted by atomic mass is 79.9. The molecular formula is C16H17BrFNO2. The number of nitrogens with zero attached hydrogens (tertiary/aromatic N) is 1. The molecular weight excluding hydrogens is 337 g/mol. The first-order valence-corrected chi connectivity index (χ1v) is 7.36. The molecule has 0 amide bonds. The number of ether oxygens (including phenoxy) is 1. The maximum Gasteiger partial charge on any atom is 0.150 e. The van der Waals surface area contributed by atoms with Gasteiger partial charge in [0.25, 0.3) is 0 Å². The zero-order valence-corrected chi connectivity index (χ0v) is 13.8. The molecule has 1 aromatic heterocycles. The summed E-state index contributed by atoms with van der Waals surface area (Å²) in [4.78, 5) is 14.7. The Hall–Kier alpha value is -1.59. The van der Waals surface area contributed by atoms with Crippen molar-refractivity contribution in [2.75, 3.05) is 14.2 Å². The van der Waals surface area contributed by atoms with Crippen molar-refractivity contribution in [3.63, 3.8) is 0 Å². The standard InChI is InChI=1S/C14H11BrFNO.C2H6O/c1-9-4-13(14(16)7-17-9)12-3-2-10(8-18)5-11(12)6-15;1-3-2/h2-5,7-8H,6H2,1H3;1-2H3. The van der Waals surface area contributed by atoms with Crippen LogP contribution in [-0.4, -0.2) is 25.5 Å². The van der Waals surface area contributed by atoms with E-state index in [1.54, 1.807) is 38.5 Å². The number of carbonyl (C=O) groups excluding carboxylic acids is 1. The fourth-order valence-corrected chi connectivity index (χ4v) is 2.27. The van der Waals surface area contributed by atoms with Crippen molar-refractivity contribution in [2.24, 2.45) is 0 Å². The first-order valence-electron chi connectivity index (χ1n) is 6.24. The number of aryl methyl sites for hydroxylation is 1. The lowest BCUT2D eigenvalue weighted by Crippen LogP contribution is -1.94.